The van der Waals surface area contributed by atoms with Crippen LogP contribution >= 0.6 is 11.3 Å². The lowest BCUT2D eigenvalue weighted by atomic mass is 10.1. The van der Waals surface area contributed by atoms with Crippen LogP contribution < -0.4 is 15.8 Å². The first-order valence-electron chi connectivity index (χ1n) is 8.90. The second-order valence-electron chi connectivity index (χ2n) is 6.45. The number of hydrogen-bond acceptors (Lipinski definition) is 7. The molecular weight excluding hydrogens is 428 g/mol. The molecule has 4 N–H and O–H groups in total. The molecule has 0 bridgehead atoms. The number of thiazole rings is 1. The smallest absolute Gasteiger partial charge is 0.260 e. The summed E-state index contributed by atoms with van der Waals surface area (Å²) in [5, 5.41) is 12.6. The number of amides is 2. The fourth-order valence-electron chi connectivity index (χ4n) is 2.65. The van der Waals surface area contributed by atoms with E-state index in [1.54, 1.807) is 30.5 Å². The van der Waals surface area contributed by atoms with Gasteiger partial charge in [0.1, 0.15) is 5.76 Å². The van der Waals surface area contributed by atoms with Crippen molar-refractivity contribution in [3.05, 3.63) is 64.6 Å². The summed E-state index contributed by atoms with van der Waals surface area (Å²) < 4.78 is 27.6. The molecule has 0 fully saturated rings. The number of nitrogens with zero attached hydrogens (tertiary/aromatic N) is 1. The van der Waals surface area contributed by atoms with Gasteiger partial charge >= 0.3 is 0 Å². The molecule has 3 rings (SSSR count). The van der Waals surface area contributed by atoms with E-state index in [0.717, 1.165) is 5.56 Å². The molecule has 0 saturated carbocycles. The standard InChI is InChI=1S/C19H20N4O5S2/c1-12-16(7-9-28-12)18(25)23-19-22-14(11-29-19)10-17(24)21-8-6-13-2-4-15(5-3-13)30(20,26)27/h2-5,7,9,11H,6,8,10H2,1H3,(H,21,24)(H2,20,26,27)(H,22,23,25). The van der Waals surface area contributed by atoms with E-state index in [1.807, 2.05) is 0 Å². The number of carbonyl (C=O) groups is 2. The molecular formula is C19H20N4O5S2. The average Bonchev–Trinajstić information content (AvgIpc) is 3.30. The molecule has 0 aliphatic rings. The Morgan fingerprint density at radius 2 is 1.93 bits per heavy atom. The number of benzene rings is 1. The fourth-order valence-corrected chi connectivity index (χ4v) is 3.87. The zero-order chi connectivity index (χ0) is 21.7. The lowest BCUT2D eigenvalue weighted by molar-refractivity contribution is -0.120. The highest BCUT2D eigenvalue weighted by Gasteiger charge is 2.14. The van der Waals surface area contributed by atoms with Crippen molar-refractivity contribution in [1.29, 1.82) is 0 Å². The van der Waals surface area contributed by atoms with Crippen molar-refractivity contribution in [2.24, 2.45) is 5.14 Å². The number of furan rings is 1. The molecule has 0 saturated heterocycles. The van der Waals surface area contributed by atoms with E-state index in [9.17, 15) is 18.0 Å². The van der Waals surface area contributed by atoms with E-state index in [-0.39, 0.29) is 23.1 Å². The molecule has 2 aromatic heterocycles. The van der Waals surface area contributed by atoms with Gasteiger partial charge in [-0.2, -0.15) is 0 Å². The van der Waals surface area contributed by atoms with Gasteiger partial charge in [0.15, 0.2) is 5.13 Å². The number of primary sulfonamides is 1. The predicted octanol–water partition coefficient (Wildman–Crippen LogP) is 1.85. The van der Waals surface area contributed by atoms with Crippen LogP contribution in [0.4, 0.5) is 5.13 Å². The third kappa shape index (κ3) is 5.75. The first-order chi connectivity index (χ1) is 14.2. The van der Waals surface area contributed by atoms with Crippen LogP contribution in [0.3, 0.4) is 0 Å². The van der Waals surface area contributed by atoms with Gasteiger partial charge < -0.3 is 9.73 Å². The molecule has 0 unspecified atom stereocenters. The van der Waals surface area contributed by atoms with Crippen LogP contribution in [-0.4, -0.2) is 31.8 Å². The first kappa shape index (κ1) is 21.7. The molecule has 0 aliphatic heterocycles. The van der Waals surface area contributed by atoms with Crippen molar-refractivity contribution < 1.29 is 22.4 Å². The topological polar surface area (TPSA) is 144 Å². The Morgan fingerprint density at radius 3 is 2.57 bits per heavy atom. The molecule has 3 aromatic rings. The summed E-state index contributed by atoms with van der Waals surface area (Å²) in [7, 11) is -3.72. The molecule has 2 amide bonds. The largest absolute Gasteiger partial charge is 0.469 e. The molecule has 0 atom stereocenters. The van der Waals surface area contributed by atoms with Crippen LogP contribution in [0.15, 0.2) is 51.3 Å². The van der Waals surface area contributed by atoms with E-state index >= 15 is 0 Å². The number of nitrogens with one attached hydrogen (secondary N) is 2. The monoisotopic (exact) mass is 448 g/mol. The Bertz CT molecular complexity index is 1150. The summed E-state index contributed by atoms with van der Waals surface area (Å²) in [4.78, 5) is 28.6. The van der Waals surface area contributed by atoms with Gasteiger partial charge in [-0.05, 0) is 37.1 Å². The van der Waals surface area contributed by atoms with Crippen molar-refractivity contribution >= 4 is 38.3 Å². The zero-order valence-electron chi connectivity index (χ0n) is 16.0. The predicted molar refractivity (Wildman–Crippen MR) is 112 cm³/mol. The van der Waals surface area contributed by atoms with Gasteiger partial charge in [-0.25, -0.2) is 18.5 Å². The summed E-state index contributed by atoms with van der Waals surface area (Å²) in [6.07, 6.45) is 2.07. The summed E-state index contributed by atoms with van der Waals surface area (Å²) in [6.45, 7) is 2.09. The maximum absolute atomic E-state index is 12.2. The highest BCUT2D eigenvalue weighted by Crippen LogP contribution is 2.18. The van der Waals surface area contributed by atoms with Crippen LogP contribution in [0, 0.1) is 6.92 Å². The Kier molecular flexibility index (Phi) is 6.65. The van der Waals surface area contributed by atoms with Gasteiger partial charge in [0.2, 0.25) is 15.9 Å². The Labute approximate surface area is 177 Å². The van der Waals surface area contributed by atoms with Gasteiger partial charge in [0.05, 0.1) is 28.8 Å². The van der Waals surface area contributed by atoms with Crippen molar-refractivity contribution in [2.75, 3.05) is 11.9 Å². The van der Waals surface area contributed by atoms with Crippen LogP contribution in [-0.2, 0) is 27.7 Å². The quantitative estimate of drug-likeness (QED) is 0.480. The van der Waals surface area contributed by atoms with Crippen LogP contribution in [0.25, 0.3) is 0 Å². The average molecular weight is 449 g/mol. The van der Waals surface area contributed by atoms with Gasteiger partial charge in [0, 0.05) is 11.9 Å². The van der Waals surface area contributed by atoms with E-state index in [1.165, 1.54) is 29.7 Å². The van der Waals surface area contributed by atoms with Crippen LogP contribution in [0.1, 0.15) is 27.4 Å². The Hall–Kier alpha value is -3.02. The summed E-state index contributed by atoms with van der Waals surface area (Å²) >= 11 is 1.23. The van der Waals surface area contributed by atoms with Gasteiger partial charge in [-0.1, -0.05) is 12.1 Å². The lowest BCUT2D eigenvalue weighted by Crippen LogP contribution is -2.27. The van der Waals surface area contributed by atoms with Crippen molar-refractivity contribution in [1.82, 2.24) is 10.3 Å². The highest BCUT2D eigenvalue weighted by molar-refractivity contribution is 7.89. The van der Waals surface area contributed by atoms with E-state index in [0.29, 0.717) is 35.1 Å². The maximum atomic E-state index is 12.2. The van der Waals surface area contributed by atoms with Gasteiger partial charge in [0.25, 0.3) is 5.91 Å². The molecule has 1 aromatic carbocycles. The van der Waals surface area contributed by atoms with E-state index in [4.69, 9.17) is 9.56 Å². The highest BCUT2D eigenvalue weighted by atomic mass is 32.2. The second-order valence-corrected chi connectivity index (χ2v) is 8.87. The van der Waals surface area contributed by atoms with E-state index < -0.39 is 10.0 Å². The van der Waals surface area contributed by atoms with Crippen molar-refractivity contribution in [3.8, 4) is 0 Å². The molecule has 11 heteroatoms. The minimum absolute atomic E-state index is 0.0460. The summed E-state index contributed by atoms with van der Waals surface area (Å²) in [6, 6.07) is 7.76. The normalized spacial score (nSPS) is 11.3. The number of hydrogen-bond donors (Lipinski definition) is 3. The van der Waals surface area contributed by atoms with Gasteiger partial charge in [-0.3, -0.25) is 14.9 Å². The minimum atomic E-state index is -3.72. The fraction of sp³-hybridized carbons (Fsp3) is 0.211. The minimum Gasteiger partial charge on any atom is -0.469 e. The first-order valence-corrected chi connectivity index (χ1v) is 11.3. The SMILES string of the molecule is Cc1occc1C(=O)Nc1nc(CC(=O)NCCc2ccc(S(N)(=O)=O)cc2)cs1. The molecule has 30 heavy (non-hydrogen) atoms. The van der Waals surface area contributed by atoms with Gasteiger partial charge in [-0.15, -0.1) is 11.3 Å². The number of anilines is 1. The molecule has 9 nitrogen and oxygen atoms in total. The maximum Gasteiger partial charge on any atom is 0.260 e. The third-order valence-electron chi connectivity index (χ3n) is 4.21. The number of sulfonamides is 1. The molecule has 158 valence electrons. The Balaban J connectivity index is 1.45. The second kappa shape index (κ2) is 9.20. The Morgan fingerprint density at radius 1 is 1.20 bits per heavy atom. The lowest BCUT2D eigenvalue weighted by Gasteiger charge is -2.05. The summed E-state index contributed by atoms with van der Waals surface area (Å²) in [5.41, 5.74) is 1.85. The number of nitrogens with two attached hydrogens (primary N) is 1. The van der Waals surface area contributed by atoms with Crippen molar-refractivity contribution in [2.45, 2.75) is 24.7 Å². The third-order valence-corrected chi connectivity index (χ3v) is 5.94. The van der Waals surface area contributed by atoms with Crippen LogP contribution in [0.5, 0.6) is 0 Å². The number of rotatable bonds is 8. The molecule has 0 radical (unpaired) electrons. The number of aryl methyl sites for hydroxylation is 1. The molecule has 0 aliphatic carbocycles. The molecule has 2 heterocycles. The summed E-state index contributed by atoms with van der Waals surface area (Å²) in [5.74, 6) is -0.00647. The zero-order valence-corrected chi connectivity index (χ0v) is 17.7. The molecule has 0 spiro atoms. The van der Waals surface area contributed by atoms with Crippen molar-refractivity contribution in [3.63, 3.8) is 0 Å². The number of carbonyl (C=O) groups excluding carboxylic acids is 2. The van der Waals surface area contributed by atoms with Crippen LogP contribution in [0.2, 0.25) is 0 Å². The number of aromatic nitrogens is 1. The van der Waals surface area contributed by atoms with E-state index in [2.05, 4.69) is 15.6 Å².